The molecule has 7 heteroatoms. The number of hydrogen-bond donors (Lipinski definition) is 2. The average Bonchev–Trinajstić information content (AvgIpc) is 2.00. The zero-order valence-corrected chi connectivity index (χ0v) is 13.6. The molecule has 4 nitrogen and oxygen atoms in total. The zero-order valence-electron chi connectivity index (χ0n) is 10.6. The van der Waals surface area contributed by atoms with E-state index in [1.165, 1.54) is 0 Å². The van der Waals surface area contributed by atoms with Crippen molar-refractivity contribution in [2.45, 2.75) is 54.1 Å². The van der Waals surface area contributed by atoms with Crippen LogP contribution in [0, 0.1) is 0 Å². The summed E-state index contributed by atoms with van der Waals surface area (Å²) in [6.07, 6.45) is 0.210. The molecular weight excluding hydrogens is 268 g/mol. The van der Waals surface area contributed by atoms with Crippen LogP contribution >= 0.6 is 0 Å². The van der Waals surface area contributed by atoms with Crippen LogP contribution in [0.3, 0.4) is 0 Å². The third-order valence-electron chi connectivity index (χ3n) is 1.81. The summed E-state index contributed by atoms with van der Waals surface area (Å²) in [6.45, 7) is 11.8. The lowest BCUT2D eigenvalue weighted by atomic mass is 11.7. The van der Waals surface area contributed by atoms with Crippen LogP contribution in [0.15, 0.2) is 0 Å². The summed E-state index contributed by atoms with van der Waals surface area (Å²) >= 11 is 0. The van der Waals surface area contributed by atoms with Gasteiger partial charge in [-0.2, -0.15) is 0 Å². The van der Waals surface area contributed by atoms with E-state index >= 15 is 0 Å². The molecule has 0 saturated heterocycles. The molecule has 0 saturated carbocycles. The molecule has 108 valence electrons. The first kappa shape index (κ1) is 22.7. The van der Waals surface area contributed by atoms with E-state index < -0.39 is 25.2 Å². The number of aliphatic hydroxyl groups is 2. The van der Waals surface area contributed by atoms with E-state index in [1.807, 2.05) is 39.3 Å². The van der Waals surface area contributed by atoms with Crippen LogP contribution in [0.2, 0.25) is 39.3 Å². The maximum absolute atomic E-state index is 9.18. The average molecular weight is 301 g/mol. The highest BCUT2D eigenvalue weighted by atomic mass is 28.5. The van der Waals surface area contributed by atoms with Crippen molar-refractivity contribution in [3.63, 3.8) is 0 Å². The summed E-state index contributed by atoms with van der Waals surface area (Å²) in [6, 6.07) is 0. The standard InChI is InChI=1S/C8H24O4Si3.2CH4/c1-13(2,7-9)11-15(5,6)12-14(3,4)8-10;;/h9-10H,7-8H2,1-6H3;2*1H4. The largest absolute Gasteiger partial charge is 0.435 e. The Hall–Kier alpha value is 0.491. The van der Waals surface area contributed by atoms with Crippen molar-refractivity contribution in [1.82, 2.24) is 0 Å². The van der Waals surface area contributed by atoms with Gasteiger partial charge in [-0.15, -0.1) is 0 Å². The van der Waals surface area contributed by atoms with Crippen LogP contribution < -0.4 is 0 Å². The second kappa shape index (κ2) is 7.82. The summed E-state index contributed by atoms with van der Waals surface area (Å²) < 4.78 is 11.9. The molecule has 0 heterocycles. The van der Waals surface area contributed by atoms with Crippen molar-refractivity contribution in [1.29, 1.82) is 0 Å². The molecule has 0 atom stereocenters. The van der Waals surface area contributed by atoms with E-state index in [0.29, 0.717) is 0 Å². The molecule has 0 fully saturated rings. The summed E-state index contributed by atoms with van der Waals surface area (Å²) in [4.78, 5) is 0. The topological polar surface area (TPSA) is 58.9 Å². The summed E-state index contributed by atoms with van der Waals surface area (Å²) in [5.41, 5.74) is 0. The van der Waals surface area contributed by atoms with Crippen LogP contribution in [0.25, 0.3) is 0 Å². The lowest BCUT2D eigenvalue weighted by Gasteiger charge is -2.37. The Balaban J connectivity index is -0.000000980. The van der Waals surface area contributed by atoms with Crippen molar-refractivity contribution < 1.29 is 18.4 Å². The third kappa shape index (κ3) is 10.1. The Morgan fingerprint density at radius 3 is 1.12 bits per heavy atom. The first-order valence-electron chi connectivity index (χ1n) is 5.16. The van der Waals surface area contributed by atoms with Gasteiger partial charge in [0.25, 0.3) is 0 Å². The highest BCUT2D eigenvalue weighted by molar-refractivity contribution is 6.87. The molecule has 0 aromatic carbocycles. The van der Waals surface area contributed by atoms with Gasteiger partial charge in [-0.1, -0.05) is 14.9 Å². The molecule has 0 aliphatic heterocycles. The molecule has 0 amide bonds. The van der Waals surface area contributed by atoms with E-state index in [-0.39, 0.29) is 27.3 Å². The van der Waals surface area contributed by atoms with Gasteiger partial charge in [-0.05, 0) is 39.3 Å². The summed E-state index contributed by atoms with van der Waals surface area (Å²) in [5, 5.41) is 18.4. The van der Waals surface area contributed by atoms with Gasteiger partial charge in [0.2, 0.25) is 16.6 Å². The molecule has 0 aromatic heterocycles. The fraction of sp³-hybridized carbons (Fsp3) is 1.00. The fourth-order valence-electron chi connectivity index (χ4n) is 1.42. The van der Waals surface area contributed by atoms with E-state index in [9.17, 15) is 10.2 Å². The minimum absolute atomic E-state index is 0. The van der Waals surface area contributed by atoms with Gasteiger partial charge >= 0.3 is 8.56 Å². The number of rotatable bonds is 6. The predicted octanol–water partition coefficient (Wildman–Crippen LogP) is 2.47. The quantitative estimate of drug-likeness (QED) is 0.740. The molecule has 0 rings (SSSR count). The lowest BCUT2D eigenvalue weighted by Crippen LogP contribution is -2.55. The van der Waals surface area contributed by atoms with E-state index in [0.717, 1.165) is 0 Å². The van der Waals surface area contributed by atoms with Crippen molar-refractivity contribution >= 4 is 25.2 Å². The first-order chi connectivity index (χ1) is 6.54. The third-order valence-corrected chi connectivity index (χ3v) is 11.7. The Kier molecular flexibility index (Phi) is 10.4. The molecule has 17 heavy (non-hydrogen) atoms. The minimum Gasteiger partial charge on any atom is -0.435 e. The highest BCUT2D eigenvalue weighted by Gasteiger charge is 2.39. The van der Waals surface area contributed by atoms with Crippen LogP contribution in [0.5, 0.6) is 0 Å². The fourth-order valence-corrected chi connectivity index (χ4v) is 13.1. The summed E-state index contributed by atoms with van der Waals surface area (Å²) in [5.74, 6) is 0. The number of hydrogen-bond acceptors (Lipinski definition) is 4. The van der Waals surface area contributed by atoms with Gasteiger partial charge in [-0.3, -0.25) is 0 Å². The van der Waals surface area contributed by atoms with Gasteiger partial charge in [0.05, 0.1) is 12.5 Å². The lowest BCUT2D eigenvalue weighted by molar-refractivity contribution is 0.298. The molecule has 0 aliphatic carbocycles. The Morgan fingerprint density at radius 2 is 0.941 bits per heavy atom. The second-order valence-corrected chi connectivity index (χ2v) is 17.5. The van der Waals surface area contributed by atoms with Crippen molar-refractivity contribution in [2.75, 3.05) is 12.5 Å². The molecule has 0 aliphatic rings. The Labute approximate surface area is 110 Å². The molecule has 2 N–H and O–H groups in total. The van der Waals surface area contributed by atoms with Gasteiger partial charge < -0.3 is 18.4 Å². The van der Waals surface area contributed by atoms with E-state index in [2.05, 4.69) is 0 Å². The maximum Gasteiger partial charge on any atom is 0.311 e. The van der Waals surface area contributed by atoms with E-state index in [4.69, 9.17) is 8.23 Å². The molecule has 0 unspecified atom stereocenters. The first-order valence-corrected chi connectivity index (χ1v) is 14.2. The van der Waals surface area contributed by atoms with Gasteiger partial charge in [0.1, 0.15) is 0 Å². The maximum atomic E-state index is 9.18. The summed E-state index contributed by atoms with van der Waals surface area (Å²) in [7, 11) is -6.20. The smallest absolute Gasteiger partial charge is 0.311 e. The zero-order chi connectivity index (χ0) is 12.3. The molecule has 0 radical (unpaired) electrons. The molecule has 0 spiro atoms. The SMILES string of the molecule is C.C.C[Si](C)(CO)O[Si](C)(C)O[Si](C)(C)CO. The minimum atomic E-state index is -2.21. The van der Waals surface area contributed by atoms with Crippen molar-refractivity contribution in [3.8, 4) is 0 Å². The van der Waals surface area contributed by atoms with Crippen molar-refractivity contribution in [3.05, 3.63) is 0 Å². The molecular formula is C10H32O4Si3. The normalized spacial score (nSPS) is 12.7. The Bertz CT molecular complexity index is 188. The van der Waals surface area contributed by atoms with Crippen molar-refractivity contribution in [2.24, 2.45) is 0 Å². The van der Waals surface area contributed by atoms with Gasteiger partial charge in [0, 0.05) is 0 Å². The second-order valence-electron chi connectivity index (χ2n) is 5.44. The molecule has 0 aromatic rings. The van der Waals surface area contributed by atoms with E-state index in [1.54, 1.807) is 0 Å². The Morgan fingerprint density at radius 1 is 0.706 bits per heavy atom. The monoisotopic (exact) mass is 300 g/mol. The highest BCUT2D eigenvalue weighted by Crippen LogP contribution is 2.19. The van der Waals surface area contributed by atoms with Crippen LogP contribution in [0.1, 0.15) is 14.9 Å². The van der Waals surface area contributed by atoms with Gasteiger partial charge in [-0.25, -0.2) is 0 Å². The van der Waals surface area contributed by atoms with Crippen LogP contribution in [-0.2, 0) is 8.23 Å². The number of aliphatic hydroxyl groups excluding tert-OH is 2. The predicted molar refractivity (Wildman–Crippen MR) is 82.2 cm³/mol. The van der Waals surface area contributed by atoms with Crippen LogP contribution in [-0.4, -0.2) is 47.9 Å². The van der Waals surface area contributed by atoms with Crippen LogP contribution in [0.4, 0.5) is 0 Å². The van der Waals surface area contributed by atoms with Gasteiger partial charge in [0.15, 0.2) is 0 Å². The molecule has 0 bridgehead atoms.